The lowest BCUT2D eigenvalue weighted by Crippen LogP contribution is -2.63. The third-order valence-corrected chi connectivity index (χ3v) is 7.15. The summed E-state index contributed by atoms with van der Waals surface area (Å²) in [5.74, 6) is -6.80. The number of hydrazone groups is 1. The van der Waals surface area contributed by atoms with E-state index in [-0.39, 0.29) is 30.6 Å². The Kier molecular flexibility index (Phi) is 5.32. The zero-order chi connectivity index (χ0) is 24.2. The Bertz CT molecular complexity index is 1140. The van der Waals surface area contributed by atoms with E-state index >= 15 is 0 Å². The number of phenols is 1. The summed E-state index contributed by atoms with van der Waals surface area (Å²) in [5, 5.41) is 25.6. The molecule has 33 heavy (non-hydrogen) atoms. The highest BCUT2D eigenvalue weighted by atomic mass is 16.3. The number of primary amides is 2. The molecule has 0 bridgehead atoms. The van der Waals surface area contributed by atoms with E-state index < -0.39 is 65.0 Å². The molecule has 2 fully saturated rings. The van der Waals surface area contributed by atoms with Crippen molar-refractivity contribution >= 4 is 35.0 Å². The van der Waals surface area contributed by atoms with Crippen molar-refractivity contribution in [2.24, 2.45) is 40.2 Å². The summed E-state index contributed by atoms with van der Waals surface area (Å²) in [6.07, 6.45) is -0.203. The molecule has 0 spiro atoms. The van der Waals surface area contributed by atoms with E-state index in [1.165, 1.54) is 6.07 Å². The van der Waals surface area contributed by atoms with Crippen LogP contribution >= 0.6 is 0 Å². The van der Waals surface area contributed by atoms with Gasteiger partial charge in [0.2, 0.25) is 5.91 Å². The van der Waals surface area contributed by atoms with Crippen LogP contribution < -0.4 is 16.9 Å². The van der Waals surface area contributed by atoms with Gasteiger partial charge in [0, 0.05) is 24.3 Å². The number of Topliss-reactive ketones (excluding diaryl/α,β-unsaturated/α-hetero) is 3. The van der Waals surface area contributed by atoms with Gasteiger partial charge in [-0.1, -0.05) is 0 Å². The average molecular weight is 456 g/mol. The number of hydrogen-bond acceptors (Lipinski definition) is 8. The highest BCUT2D eigenvalue weighted by Crippen LogP contribution is 2.51. The first-order chi connectivity index (χ1) is 15.5. The van der Waals surface area contributed by atoms with Crippen LogP contribution in [0.1, 0.15) is 47.7 Å². The Labute approximate surface area is 188 Å². The van der Waals surface area contributed by atoms with Gasteiger partial charge in [-0.05, 0) is 43.4 Å². The maximum atomic E-state index is 13.4. The Morgan fingerprint density at radius 2 is 1.88 bits per heavy atom. The fourth-order valence-corrected chi connectivity index (χ4v) is 5.58. The van der Waals surface area contributed by atoms with Crippen molar-refractivity contribution in [2.45, 2.75) is 38.2 Å². The van der Waals surface area contributed by atoms with Gasteiger partial charge in [0.1, 0.15) is 17.1 Å². The van der Waals surface area contributed by atoms with Gasteiger partial charge in [0.15, 0.2) is 11.6 Å². The lowest BCUT2D eigenvalue weighted by molar-refractivity contribution is -0.168. The van der Waals surface area contributed by atoms with Crippen LogP contribution in [0.15, 0.2) is 17.2 Å². The molecular formula is C22H24N4O7. The van der Waals surface area contributed by atoms with E-state index in [1.54, 1.807) is 13.0 Å². The third-order valence-electron chi connectivity index (χ3n) is 7.15. The van der Waals surface area contributed by atoms with E-state index in [2.05, 4.69) is 10.5 Å². The van der Waals surface area contributed by atoms with Crippen molar-refractivity contribution in [2.75, 3.05) is 0 Å². The maximum absolute atomic E-state index is 13.4. The summed E-state index contributed by atoms with van der Waals surface area (Å²) < 4.78 is 0. The van der Waals surface area contributed by atoms with Crippen molar-refractivity contribution in [3.63, 3.8) is 0 Å². The van der Waals surface area contributed by atoms with Gasteiger partial charge in [-0.3, -0.25) is 19.2 Å². The van der Waals surface area contributed by atoms with Crippen molar-refractivity contribution in [3.05, 3.63) is 28.8 Å². The number of hydrogen-bond donors (Lipinski definition) is 5. The van der Waals surface area contributed by atoms with Crippen LogP contribution in [0.4, 0.5) is 4.79 Å². The monoisotopic (exact) mass is 456 g/mol. The minimum atomic E-state index is -2.02. The van der Waals surface area contributed by atoms with Gasteiger partial charge in [-0.15, -0.1) is 0 Å². The molecule has 2 unspecified atom stereocenters. The Balaban J connectivity index is 1.76. The van der Waals surface area contributed by atoms with E-state index in [0.717, 1.165) is 0 Å². The normalized spacial score (nSPS) is 31.3. The predicted octanol–water partition coefficient (Wildman–Crippen LogP) is -0.460. The van der Waals surface area contributed by atoms with Crippen LogP contribution in [0.5, 0.6) is 5.75 Å². The Morgan fingerprint density at radius 3 is 2.52 bits per heavy atom. The molecule has 0 radical (unpaired) electrons. The second-order valence-electron chi connectivity index (χ2n) is 9.02. The smallest absolute Gasteiger partial charge is 0.332 e. The molecule has 3 aliphatic carbocycles. The molecule has 1 aromatic rings. The first-order valence-corrected chi connectivity index (χ1v) is 10.5. The molecule has 3 aliphatic rings. The number of urea groups is 1. The summed E-state index contributed by atoms with van der Waals surface area (Å²) in [7, 11) is 0. The van der Waals surface area contributed by atoms with E-state index in [0.29, 0.717) is 16.8 Å². The standard InChI is InChI=1S/C22H24N4O7/c1-8(25-26-21(24)32)11-2-3-14(27)17-12(11)5-9-4-10-6-15(28)13(20(23)31)7-22(10,33)19(30)16(9)18(17)29/h2-3,9-10,13,16,27,33H,4-7H2,1H3,(H2,23,31)(H3,24,26,32)/t9-,10+,13?,16?,22+/m0/s1. The van der Waals surface area contributed by atoms with Crippen LogP contribution in [0.2, 0.25) is 0 Å². The number of carbonyl (C=O) groups excluding carboxylic acids is 5. The number of phenolic OH excluding ortho intramolecular Hbond substituents is 1. The molecule has 3 amide bonds. The highest BCUT2D eigenvalue weighted by Gasteiger charge is 2.61. The fourth-order valence-electron chi connectivity index (χ4n) is 5.58. The minimum Gasteiger partial charge on any atom is -0.507 e. The molecule has 0 saturated heterocycles. The summed E-state index contributed by atoms with van der Waals surface area (Å²) in [5.41, 5.74) is 11.7. The summed E-state index contributed by atoms with van der Waals surface area (Å²) in [4.78, 5) is 61.9. The SMILES string of the molecule is CC(=NNC(N)=O)c1ccc(O)c2c1C[C@@H]1C[C@@H]3CC(=O)C(C(N)=O)C[C@]3(O)C(=O)C1C2=O. The molecular weight excluding hydrogens is 432 g/mol. The molecule has 0 heterocycles. The number of nitrogens with one attached hydrogen (secondary N) is 1. The number of benzene rings is 1. The zero-order valence-electron chi connectivity index (χ0n) is 17.8. The van der Waals surface area contributed by atoms with E-state index in [1.807, 2.05) is 0 Å². The average Bonchev–Trinajstić information content (AvgIpc) is 2.73. The molecule has 0 aliphatic heterocycles. The van der Waals surface area contributed by atoms with Crippen LogP contribution in [-0.2, 0) is 20.8 Å². The number of fused-ring (bicyclic) bond motifs is 3. The van der Waals surface area contributed by atoms with Gasteiger partial charge < -0.3 is 21.7 Å². The van der Waals surface area contributed by atoms with Crippen LogP contribution in [-0.4, -0.2) is 50.8 Å². The predicted molar refractivity (Wildman–Crippen MR) is 113 cm³/mol. The van der Waals surface area contributed by atoms with Crippen molar-refractivity contribution in [3.8, 4) is 5.75 Å². The number of nitrogens with two attached hydrogens (primary N) is 2. The Hall–Kier alpha value is -3.60. The quantitative estimate of drug-likeness (QED) is 0.230. The number of rotatable bonds is 3. The summed E-state index contributed by atoms with van der Waals surface area (Å²) in [6.45, 7) is 1.59. The van der Waals surface area contributed by atoms with Crippen LogP contribution in [0.25, 0.3) is 0 Å². The number of ketones is 3. The number of carbonyl (C=O) groups is 5. The number of aromatic hydroxyl groups is 1. The molecule has 11 nitrogen and oxygen atoms in total. The first-order valence-electron chi connectivity index (χ1n) is 10.5. The van der Waals surface area contributed by atoms with E-state index in [9.17, 15) is 34.2 Å². The first kappa shape index (κ1) is 22.6. The van der Waals surface area contributed by atoms with Crippen molar-refractivity contribution in [1.29, 1.82) is 0 Å². The highest BCUT2D eigenvalue weighted by molar-refractivity contribution is 6.18. The molecule has 174 valence electrons. The van der Waals surface area contributed by atoms with Crippen LogP contribution in [0, 0.1) is 23.7 Å². The van der Waals surface area contributed by atoms with Gasteiger partial charge >= 0.3 is 6.03 Å². The number of aliphatic hydroxyl groups is 1. The van der Waals surface area contributed by atoms with Gasteiger partial charge in [-0.25, -0.2) is 10.2 Å². The van der Waals surface area contributed by atoms with Gasteiger partial charge in [0.05, 0.1) is 23.1 Å². The maximum Gasteiger partial charge on any atom is 0.332 e. The zero-order valence-corrected chi connectivity index (χ0v) is 17.8. The van der Waals surface area contributed by atoms with Gasteiger partial charge in [-0.2, -0.15) is 5.10 Å². The molecule has 1 aromatic carbocycles. The number of amides is 3. The van der Waals surface area contributed by atoms with Crippen molar-refractivity contribution in [1.82, 2.24) is 5.43 Å². The molecule has 4 rings (SSSR count). The lowest BCUT2D eigenvalue weighted by Gasteiger charge is -2.49. The second-order valence-corrected chi connectivity index (χ2v) is 9.02. The summed E-state index contributed by atoms with van der Waals surface area (Å²) >= 11 is 0. The van der Waals surface area contributed by atoms with E-state index in [4.69, 9.17) is 11.5 Å². The lowest BCUT2D eigenvalue weighted by atomic mass is 9.54. The second kappa shape index (κ2) is 7.77. The largest absolute Gasteiger partial charge is 0.507 e. The van der Waals surface area contributed by atoms with Crippen molar-refractivity contribution < 1.29 is 34.2 Å². The van der Waals surface area contributed by atoms with Crippen LogP contribution in [0.3, 0.4) is 0 Å². The molecule has 7 N–H and O–H groups in total. The summed E-state index contributed by atoms with van der Waals surface area (Å²) in [6, 6.07) is 1.97. The topological polar surface area (TPSA) is 202 Å². The molecule has 11 heteroatoms. The minimum absolute atomic E-state index is 0.0453. The molecule has 5 atom stereocenters. The molecule has 2 saturated carbocycles. The Morgan fingerprint density at radius 1 is 1.18 bits per heavy atom. The fraction of sp³-hybridized carbons (Fsp3) is 0.455. The molecule has 0 aromatic heterocycles. The third kappa shape index (κ3) is 3.48. The van der Waals surface area contributed by atoms with Gasteiger partial charge in [0.25, 0.3) is 0 Å². The number of nitrogens with zero attached hydrogens (tertiary/aromatic N) is 1.